The van der Waals surface area contributed by atoms with Gasteiger partial charge >= 0.3 is 0 Å². The van der Waals surface area contributed by atoms with Gasteiger partial charge in [-0.05, 0) is 23.6 Å². The zero-order chi connectivity index (χ0) is 19.8. The van der Waals surface area contributed by atoms with Gasteiger partial charge in [-0.15, -0.1) is 11.3 Å². The summed E-state index contributed by atoms with van der Waals surface area (Å²) in [5.41, 5.74) is 2.29. The smallest absolute Gasteiger partial charge is 0.270 e. The van der Waals surface area contributed by atoms with Gasteiger partial charge in [0, 0.05) is 22.0 Å². The molecular formula is C21H19N5O2S. The number of H-pyrrole nitrogens is 1. The monoisotopic (exact) mass is 405 g/mol. The van der Waals surface area contributed by atoms with Crippen LogP contribution in [-0.2, 0) is 17.9 Å². The van der Waals surface area contributed by atoms with Crippen LogP contribution in [0.2, 0.25) is 0 Å². The number of thiophene rings is 1. The van der Waals surface area contributed by atoms with Crippen LogP contribution < -0.4 is 5.32 Å². The number of carbonyl (C=O) groups is 2. The number of nitrogens with zero attached hydrogens (tertiary/aromatic N) is 3. The lowest BCUT2D eigenvalue weighted by molar-refractivity contribution is -0.125. The van der Waals surface area contributed by atoms with Gasteiger partial charge in [0.15, 0.2) is 0 Å². The maximum Gasteiger partial charge on any atom is 0.270 e. The van der Waals surface area contributed by atoms with Crippen molar-refractivity contribution in [3.8, 4) is 0 Å². The van der Waals surface area contributed by atoms with Gasteiger partial charge in [-0.25, -0.2) is 4.98 Å². The fourth-order valence-electron chi connectivity index (χ4n) is 3.72. The second-order valence-electron chi connectivity index (χ2n) is 7.06. The summed E-state index contributed by atoms with van der Waals surface area (Å²) in [6.45, 7) is 1.20. The number of hydrogen-bond donors (Lipinski definition) is 2. The first kappa shape index (κ1) is 17.7. The Morgan fingerprint density at radius 1 is 1.24 bits per heavy atom. The standard InChI is InChI=1S/C21H19N5O2S/c27-20(23-10-16-5-3-7-29-16)19-12-25(11-15-9-22-13-26(15)19)21(28)18-8-14-4-1-2-6-17(14)24-18/h1-9,13,19,24H,10-12H2,(H,23,27)/t19-/m1/s1. The molecule has 2 amide bonds. The fraction of sp³-hybridized carbons (Fsp3) is 0.190. The average Bonchev–Trinajstić information content (AvgIpc) is 3.50. The predicted molar refractivity (Wildman–Crippen MR) is 110 cm³/mol. The number of amides is 2. The lowest BCUT2D eigenvalue weighted by Gasteiger charge is -2.33. The molecule has 0 spiro atoms. The molecule has 1 aliphatic rings. The number of benzene rings is 1. The Morgan fingerprint density at radius 3 is 2.97 bits per heavy atom. The third-order valence-corrected chi connectivity index (χ3v) is 6.07. The average molecular weight is 405 g/mol. The molecule has 0 fully saturated rings. The van der Waals surface area contributed by atoms with Gasteiger partial charge in [0.05, 0.1) is 31.7 Å². The van der Waals surface area contributed by atoms with Crippen molar-refractivity contribution in [2.75, 3.05) is 6.54 Å². The summed E-state index contributed by atoms with van der Waals surface area (Å²) in [6.07, 6.45) is 3.37. The topological polar surface area (TPSA) is 83.0 Å². The molecular weight excluding hydrogens is 386 g/mol. The van der Waals surface area contributed by atoms with Crippen LogP contribution in [0.4, 0.5) is 0 Å². The van der Waals surface area contributed by atoms with E-state index in [9.17, 15) is 9.59 Å². The first-order valence-corrected chi connectivity index (χ1v) is 10.2. The molecule has 4 aromatic rings. The molecule has 5 rings (SSSR count). The summed E-state index contributed by atoms with van der Waals surface area (Å²) >= 11 is 1.60. The van der Waals surface area contributed by atoms with Crippen molar-refractivity contribution in [2.45, 2.75) is 19.1 Å². The van der Waals surface area contributed by atoms with Crippen molar-refractivity contribution in [1.29, 1.82) is 0 Å². The lowest BCUT2D eigenvalue weighted by atomic mass is 10.1. The lowest BCUT2D eigenvalue weighted by Crippen LogP contribution is -2.46. The van der Waals surface area contributed by atoms with E-state index in [1.807, 2.05) is 52.4 Å². The molecule has 1 aromatic carbocycles. The molecule has 1 aliphatic heterocycles. The van der Waals surface area contributed by atoms with Crippen molar-refractivity contribution in [3.63, 3.8) is 0 Å². The largest absolute Gasteiger partial charge is 0.351 e. The number of carbonyl (C=O) groups excluding carboxylic acids is 2. The van der Waals surface area contributed by atoms with Gasteiger partial charge < -0.3 is 19.8 Å². The number of aromatic nitrogens is 3. The number of hydrogen-bond acceptors (Lipinski definition) is 4. The molecule has 0 saturated heterocycles. The molecule has 4 heterocycles. The van der Waals surface area contributed by atoms with Crippen LogP contribution in [-0.4, -0.2) is 37.8 Å². The van der Waals surface area contributed by atoms with E-state index in [1.165, 1.54) is 0 Å². The Morgan fingerprint density at radius 2 is 2.14 bits per heavy atom. The van der Waals surface area contributed by atoms with E-state index in [1.54, 1.807) is 28.8 Å². The van der Waals surface area contributed by atoms with Crippen LogP contribution in [0.5, 0.6) is 0 Å². The molecule has 1 atom stereocenters. The zero-order valence-electron chi connectivity index (χ0n) is 15.5. The van der Waals surface area contributed by atoms with Crippen LogP contribution in [0, 0.1) is 0 Å². The first-order valence-electron chi connectivity index (χ1n) is 9.37. The molecule has 8 heteroatoms. The summed E-state index contributed by atoms with van der Waals surface area (Å²) < 4.78 is 1.86. The molecule has 29 heavy (non-hydrogen) atoms. The molecule has 3 aromatic heterocycles. The van der Waals surface area contributed by atoms with Crippen molar-refractivity contribution in [2.24, 2.45) is 0 Å². The number of rotatable bonds is 4. The van der Waals surface area contributed by atoms with Crippen molar-refractivity contribution in [3.05, 3.63) is 76.6 Å². The molecule has 146 valence electrons. The molecule has 0 radical (unpaired) electrons. The zero-order valence-corrected chi connectivity index (χ0v) is 16.4. The van der Waals surface area contributed by atoms with Gasteiger partial charge in [0.1, 0.15) is 11.7 Å². The fourth-order valence-corrected chi connectivity index (χ4v) is 4.36. The van der Waals surface area contributed by atoms with E-state index in [4.69, 9.17) is 0 Å². The van der Waals surface area contributed by atoms with Gasteiger partial charge in [0.25, 0.3) is 5.91 Å². The number of aromatic amines is 1. The minimum Gasteiger partial charge on any atom is -0.351 e. The van der Waals surface area contributed by atoms with Crippen LogP contribution >= 0.6 is 11.3 Å². The third-order valence-electron chi connectivity index (χ3n) is 5.20. The summed E-state index contributed by atoms with van der Waals surface area (Å²) in [5, 5.41) is 5.96. The summed E-state index contributed by atoms with van der Waals surface area (Å²) in [5.74, 6) is -0.239. The highest BCUT2D eigenvalue weighted by Gasteiger charge is 2.33. The second kappa shape index (κ2) is 7.21. The minimum absolute atomic E-state index is 0.119. The molecule has 0 saturated carbocycles. The molecule has 2 N–H and O–H groups in total. The third kappa shape index (κ3) is 3.31. The highest BCUT2D eigenvalue weighted by molar-refractivity contribution is 7.09. The Labute approximate surface area is 171 Å². The minimum atomic E-state index is -0.505. The van der Waals surface area contributed by atoms with E-state index in [2.05, 4.69) is 15.3 Å². The Kier molecular flexibility index (Phi) is 4.40. The van der Waals surface area contributed by atoms with E-state index >= 15 is 0 Å². The maximum absolute atomic E-state index is 13.1. The first-order chi connectivity index (χ1) is 14.2. The molecule has 7 nitrogen and oxygen atoms in total. The molecule has 0 aliphatic carbocycles. The van der Waals surface area contributed by atoms with Crippen molar-refractivity contribution in [1.82, 2.24) is 24.8 Å². The van der Waals surface area contributed by atoms with Gasteiger partial charge in [0.2, 0.25) is 5.91 Å². The van der Waals surface area contributed by atoms with E-state index < -0.39 is 6.04 Å². The summed E-state index contributed by atoms with van der Waals surface area (Å²) in [7, 11) is 0. The Hall–Kier alpha value is -3.39. The van der Waals surface area contributed by atoms with E-state index in [0.717, 1.165) is 21.5 Å². The predicted octanol–water partition coefficient (Wildman–Crippen LogP) is 2.94. The molecule has 0 bridgehead atoms. The van der Waals surface area contributed by atoms with Gasteiger partial charge in [-0.3, -0.25) is 9.59 Å². The van der Waals surface area contributed by atoms with Crippen molar-refractivity contribution >= 4 is 34.1 Å². The van der Waals surface area contributed by atoms with Crippen molar-refractivity contribution < 1.29 is 9.59 Å². The summed E-state index contributed by atoms with van der Waals surface area (Å²) in [4.78, 5) is 36.2. The van der Waals surface area contributed by atoms with Crippen LogP contribution in [0.15, 0.2) is 60.4 Å². The van der Waals surface area contributed by atoms with Gasteiger partial charge in [-0.1, -0.05) is 24.3 Å². The second-order valence-corrected chi connectivity index (χ2v) is 8.09. The van der Waals surface area contributed by atoms with E-state index in [-0.39, 0.29) is 11.8 Å². The normalized spacial score (nSPS) is 16.0. The summed E-state index contributed by atoms with van der Waals surface area (Å²) in [6, 6.07) is 13.1. The van der Waals surface area contributed by atoms with E-state index in [0.29, 0.717) is 25.3 Å². The highest BCUT2D eigenvalue weighted by Crippen LogP contribution is 2.24. The Balaban J connectivity index is 1.38. The number of nitrogens with one attached hydrogen (secondary N) is 2. The van der Waals surface area contributed by atoms with Crippen LogP contribution in [0.3, 0.4) is 0 Å². The van der Waals surface area contributed by atoms with Gasteiger partial charge in [-0.2, -0.15) is 0 Å². The SMILES string of the molecule is O=C(NCc1cccs1)[C@H]1CN(C(=O)c2cc3ccccc3[nH]2)Cc2cncn21. The highest BCUT2D eigenvalue weighted by atomic mass is 32.1. The quantitative estimate of drug-likeness (QED) is 0.548. The van der Waals surface area contributed by atoms with Crippen LogP contribution in [0.25, 0.3) is 10.9 Å². The number of fused-ring (bicyclic) bond motifs is 2. The Bertz CT molecular complexity index is 1140. The van der Waals surface area contributed by atoms with Crippen LogP contribution in [0.1, 0.15) is 27.1 Å². The number of para-hydroxylation sites is 1. The molecule has 0 unspecified atom stereocenters. The maximum atomic E-state index is 13.1. The number of imidazole rings is 1.